The smallest absolute Gasteiger partial charge is 0.319 e. The number of carboxylic acid groups (broad SMARTS) is 1. The molecule has 0 saturated carbocycles. The van der Waals surface area contributed by atoms with E-state index >= 15 is 0 Å². The first kappa shape index (κ1) is 15.8. The Morgan fingerprint density at radius 1 is 1.14 bits per heavy atom. The van der Waals surface area contributed by atoms with Crippen LogP contribution >= 0.6 is 0 Å². The molecule has 1 heterocycles. The number of likely N-dealkylation sites (tertiary alicyclic amines) is 1. The van der Waals surface area contributed by atoms with Crippen molar-refractivity contribution in [1.29, 1.82) is 0 Å². The molecular weight excluding hydrogens is 286 g/mol. The van der Waals surface area contributed by atoms with Crippen molar-refractivity contribution in [3.8, 4) is 0 Å². The van der Waals surface area contributed by atoms with Crippen molar-refractivity contribution in [3.05, 3.63) is 30.3 Å². The molecule has 3 amide bonds. The van der Waals surface area contributed by atoms with Gasteiger partial charge < -0.3 is 20.6 Å². The number of aliphatic carboxylic acids is 1. The normalized spacial score (nSPS) is 15.2. The number of para-hydroxylation sites is 1. The third-order valence-corrected chi connectivity index (χ3v) is 3.43. The van der Waals surface area contributed by atoms with Gasteiger partial charge in [0.2, 0.25) is 5.91 Å². The topological polar surface area (TPSA) is 98.7 Å². The molecule has 0 bridgehead atoms. The Labute approximate surface area is 128 Å². The number of carboxylic acids is 1. The molecule has 0 radical (unpaired) electrons. The van der Waals surface area contributed by atoms with Gasteiger partial charge in [-0.05, 0) is 25.0 Å². The predicted octanol–water partition coefficient (Wildman–Crippen LogP) is 1.27. The molecule has 0 unspecified atom stereocenters. The summed E-state index contributed by atoms with van der Waals surface area (Å²) in [4.78, 5) is 36.7. The van der Waals surface area contributed by atoms with Crippen LogP contribution in [0.3, 0.4) is 0 Å². The van der Waals surface area contributed by atoms with E-state index in [4.69, 9.17) is 5.11 Å². The number of hydrogen-bond acceptors (Lipinski definition) is 3. The summed E-state index contributed by atoms with van der Waals surface area (Å²) in [7, 11) is 0. The summed E-state index contributed by atoms with van der Waals surface area (Å²) in [5, 5.41) is 14.0. The standard InChI is InChI=1S/C15H19N3O4/c19-13(20)10-12(14(21)18-8-4-5-9-18)17-15(22)16-11-6-2-1-3-7-11/h1-3,6-7,12H,4-5,8-10H2,(H,19,20)(H2,16,17,22)/t12-/m0/s1. The second kappa shape index (κ2) is 7.44. The van der Waals surface area contributed by atoms with E-state index in [9.17, 15) is 14.4 Å². The summed E-state index contributed by atoms with van der Waals surface area (Å²) >= 11 is 0. The monoisotopic (exact) mass is 305 g/mol. The van der Waals surface area contributed by atoms with Gasteiger partial charge in [0.25, 0.3) is 0 Å². The molecule has 0 spiro atoms. The molecule has 22 heavy (non-hydrogen) atoms. The first-order chi connectivity index (χ1) is 10.6. The summed E-state index contributed by atoms with van der Waals surface area (Å²) in [6.45, 7) is 1.22. The van der Waals surface area contributed by atoms with Crippen LogP contribution in [0.2, 0.25) is 0 Å². The molecular formula is C15H19N3O4. The third kappa shape index (κ3) is 4.47. The highest BCUT2D eigenvalue weighted by atomic mass is 16.4. The molecule has 1 saturated heterocycles. The van der Waals surface area contributed by atoms with E-state index in [1.807, 2.05) is 6.07 Å². The second-order valence-electron chi connectivity index (χ2n) is 5.15. The SMILES string of the molecule is O=C(O)C[C@H](NC(=O)Nc1ccccc1)C(=O)N1CCCC1. The minimum Gasteiger partial charge on any atom is -0.481 e. The van der Waals surface area contributed by atoms with E-state index in [1.54, 1.807) is 29.2 Å². The van der Waals surface area contributed by atoms with Gasteiger partial charge in [0.1, 0.15) is 6.04 Å². The van der Waals surface area contributed by atoms with Crippen LogP contribution in [-0.4, -0.2) is 47.0 Å². The Morgan fingerprint density at radius 3 is 2.36 bits per heavy atom. The molecule has 1 aromatic rings. The molecule has 1 aromatic carbocycles. The van der Waals surface area contributed by atoms with Crippen molar-refractivity contribution in [1.82, 2.24) is 10.2 Å². The van der Waals surface area contributed by atoms with Crippen LogP contribution < -0.4 is 10.6 Å². The number of anilines is 1. The van der Waals surface area contributed by atoms with Crippen LogP contribution in [-0.2, 0) is 9.59 Å². The minimum absolute atomic E-state index is 0.344. The van der Waals surface area contributed by atoms with E-state index < -0.39 is 24.5 Å². The van der Waals surface area contributed by atoms with E-state index in [-0.39, 0.29) is 5.91 Å². The summed E-state index contributed by atoms with van der Waals surface area (Å²) in [6, 6.07) is 7.10. The van der Waals surface area contributed by atoms with Crippen molar-refractivity contribution in [2.75, 3.05) is 18.4 Å². The average molecular weight is 305 g/mol. The van der Waals surface area contributed by atoms with Gasteiger partial charge in [0.15, 0.2) is 0 Å². The van der Waals surface area contributed by atoms with Crippen LogP contribution in [0.1, 0.15) is 19.3 Å². The number of benzene rings is 1. The van der Waals surface area contributed by atoms with Crippen molar-refractivity contribution < 1.29 is 19.5 Å². The number of rotatable bonds is 5. The lowest BCUT2D eigenvalue weighted by Crippen LogP contribution is -2.49. The first-order valence-electron chi connectivity index (χ1n) is 7.19. The van der Waals surface area contributed by atoms with Gasteiger partial charge in [0, 0.05) is 18.8 Å². The quantitative estimate of drug-likeness (QED) is 0.763. The molecule has 1 aliphatic rings. The lowest BCUT2D eigenvalue weighted by atomic mass is 10.2. The lowest BCUT2D eigenvalue weighted by Gasteiger charge is -2.23. The second-order valence-corrected chi connectivity index (χ2v) is 5.15. The summed E-state index contributed by atoms with van der Waals surface area (Å²) in [6.07, 6.45) is 1.38. The van der Waals surface area contributed by atoms with E-state index in [0.29, 0.717) is 18.8 Å². The molecule has 1 atom stereocenters. The zero-order valence-electron chi connectivity index (χ0n) is 12.1. The zero-order valence-corrected chi connectivity index (χ0v) is 12.1. The van der Waals surface area contributed by atoms with Gasteiger partial charge in [-0.2, -0.15) is 0 Å². The fraction of sp³-hybridized carbons (Fsp3) is 0.400. The van der Waals surface area contributed by atoms with Crippen LogP contribution in [0.25, 0.3) is 0 Å². The van der Waals surface area contributed by atoms with Crippen molar-refractivity contribution in [2.45, 2.75) is 25.3 Å². The molecule has 7 nitrogen and oxygen atoms in total. The fourth-order valence-corrected chi connectivity index (χ4v) is 2.38. The molecule has 0 aromatic heterocycles. The number of nitrogens with zero attached hydrogens (tertiary/aromatic N) is 1. The summed E-state index contributed by atoms with van der Waals surface area (Å²) in [5.74, 6) is -1.47. The molecule has 3 N–H and O–H groups in total. The van der Waals surface area contributed by atoms with Gasteiger partial charge in [-0.1, -0.05) is 18.2 Å². The maximum Gasteiger partial charge on any atom is 0.319 e. The van der Waals surface area contributed by atoms with Crippen LogP contribution in [0.4, 0.5) is 10.5 Å². The Kier molecular flexibility index (Phi) is 5.35. The van der Waals surface area contributed by atoms with Crippen LogP contribution in [0, 0.1) is 0 Å². The van der Waals surface area contributed by atoms with Crippen molar-refractivity contribution >= 4 is 23.6 Å². The lowest BCUT2D eigenvalue weighted by molar-refractivity contribution is -0.142. The number of urea groups is 1. The summed E-state index contributed by atoms with van der Waals surface area (Å²) in [5.41, 5.74) is 0.572. The van der Waals surface area contributed by atoms with E-state index in [0.717, 1.165) is 12.8 Å². The van der Waals surface area contributed by atoms with Gasteiger partial charge in [0.05, 0.1) is 6.42 Å². The Balaban J connectivity index is 1.97. The Hall–Kier alpha value is -2.57. The number of amides is 3. The molecule has 0 aliphatic carbocycles. The van der Waals surface area contributed by atoms with Gasteiger partial charge in [-0.3, -0.25) is 9.59 Å². The average Bonchev–Trinajstić information content (AvgIpc) is 3.00. The minimum atomic E-state index is -1.13. The highest BCUT2D eigenvalue weighted by Crippen LogP contribution is 2.11. The van der Waals surface area contributed by atoms with Gasteiger partial charge >= 0.3 is 12.0 Å². The highest BCUT2D eigenvalue weighted by molar-refractivity contribution is 5.95. The predicted molar refractivity (Wildman–Crippen MR) is 80.5 cm³/mol. The molecule has 7 heteroatoms. The van der Waals surface area contributed by atoms with Gasteiger partial charge in [-0.15, -0.1) is 0 Å². The zero-order chi connectivity index (χ0) is 15.9. The number of hydrogen-bond donors (Lipinski definition) is 3. The Morgan fingerprint density at radius 2 is 1.77 bits per heavy atom. The van der Waals surface area contributed by atoms with Crippen molar-refractivity contribution in [3.63, 3.8) is 0 Å². The molecule has 118 valence electrons. The largest absolute Gasteiger partial charge is 0.481 e. The molecule has 2 rings (SSSR count). The van der Waals surface area contributed by atoms with Crippen molar-refractivity contribution in [2.24, 2.45) is 0 Å². The van der Waals surface area contributed by atoms with E-state index in [2.05, 4.69) is 10.6 Å². The number of nitrogens with one attached hydrogen (secondary N) is 2. The number of carbonyl (C=O) groups excluding carboxylic acids is 2. The van der Waals surface area contributed by atoms with Crippen LogP contribution in [0.5, 0.6) is 0 Å². The van der Waals surface area contributed by atoms with Crippen LogP contribution in [0.15, 0.2) is 30.3 Å². The fourth-order valence-electron chi connectivity index (χ4n) is 2.38. The third-order valence-electron chi connectivity index (χ3n) is 3.43. The number of carbonyl (C=O) groups is 3. The Bertz CT molecular complexity index is 541. The van der Waals surface area contributed by atoms with E-state index in [1.165, 1.54) is 0 Å². The maximum atomic E-state index is 12.3. The maximum absolute atomic E-state index is 12.3. The highest BCUT2D eigenvalue weighted by Gasteiger charge is 2.29. The molecule has 1 fully saturated rings. The molecule has 1 aliphatic heterocycles. The summed E-state index contributed by atoms with van der Waals surface area (Å²) < 4.78 is 0. The van der Waals surface area contributed by atoms with Gasteiger partial charge in [-0.25, -0.2) is 4.79 Å². The first-order valence-corrected chi connectivity index (χ1v) is 7.19.